The van der Waals surface area contributed by atoms with E-state index in [4.69, 9.17) is 0 Å². The van der Waals surface area contributed by atoms with Gasteiger partial charge >= 0.3 is 0 Å². The molecule has 1 N–H and O–H groups in total. The van der Waals surface area contributed by atoms with E-state index in [1.165, 1.54) is 6.07 Å². The molecule has 132 valence electrons. The van der Waals surface area contributed by atoms with Crippen molar-refractivity contribution in [3.8, 4) is 11.1 Å². The highest BCUT2D eigenvalue weighted by atomic mass is 19.1. The van der Waals surface area contributed by atoms with E-state index in [1.807, 2.05) is 13.2 Å². The number of fused-ring (bicyclic) bond motifs is 1. The van der Waals surface area contributed by atoms with E-state index in [0.29, 0.717) is 24.0 Å². The van der Waals surface area contributed by atoms with Crippen molar-refractivity contribution in [1.82, 2.24) is 20.1 Å². The average molecular weight is 354 g/mol. The molecule has 2 aromatic heterocycles. The minimum absolute atomic E-state index is 0.247. The normalized spacial score (nSPS) is 15.7. The summed E-state index contributed by atoms with van der Waals surface area (Å²) in [5.74, 6) is -1.58. The third kappa shape index (κ3) is 2.96. The fourth-order valence-corrected chi connectivity index (χ4v) is 3.33. The monoisotopic (exact) mass is 354 g/mol. The summed E-state index contributed by atoms with van der Waals surface area (Å²) in [6.07, 6.45) is 6.10. The summed E-state index contributed by atoms with van der Waals surface area (Å²) in [5, 5.41) is 6.95. The molecule has 0 spiro atoms. The quantitative estimate of drug-likeness (QED) is 0.786. The molecule has 3 aromatic rings. The number of pyridine rings is 1. The Morgan fingerprint density at radius 1 is 1.27 bits per heavy atom. The Hall–Kier alpha value is -3.09. The Balaban J connectivity index is 1.57. The highest BCUT2D eigenvalue weighted by molar-refractivity contribution is 5.93. The molecule has 1 aromatic carbocycles. The second-order valence-electron chi connectivity index (χ2n) is 6.35. The fraction of sp³-hybridized carbons (Fsp3) is 0.211. The molecule has 5 nitrogen and oxygen atoms in total. The van der Waals surface area contributed by atoms with Gasteiger partial charge in [-0.15, -0.1) is 0 Å². The van der Waals surface area contributed by atoms with Gasteiger partial charge < -0.3 is 5.32 Å². The van der Waals surface area contributed by atoms with E-state index in [-0.39, 0.29) is 11.6 Å². The van der Waals surface area contributed by atoms with Gasteiger partial charge in [-0.05, 0) is 47.7 Å². The molecule has 4 rings (SSSR count). The van der Waals surface area contributed by atoms with Crippen LogP contribution in [0.5, 0.6) is 0 Å². The molecular formula is C19H16F2N4O. The summed E-state index contributed by atoms with van der Waals surface area (Å²) in [7, 11) is 1.81. The molecule has 0 saturated heterocycles. The number of halogens is 2. The molecule has 0 bridgehead atoms. The van der Waals surface area contributed by atoms with Gasteiger partial charge in [0.15, 0.2) is 0 Å². The SMILES string of the molecule is Cn1cc(-c2ccnc(C(=O)NC3CCc4c(F)cc(F)cc43)c2)cn1. The van der Waals surface area contributed by atoms with Crippen LogP contribution in [0.1, 0.15) is 34.1 Å². The van der Waals surface area contributed by atoms with Crippen LogP contribution in [0.2, 0.25) is 0 Å². The molecule has 0 radical (unpaired) electrons. The maximum atomic E-state index is 13.9. The van der Waals surface area contributed by atoms with Gasteiger partial charge in [0, 0.05) is 31.1 Å². The number of aryl methyl sites for hydroxylation is 1. The van der Waals surface area contributed by atoms with Crippen LogP contribution in [-0.2, 0) is 13.5 Å². The number of nitrogens with zero attached hydrogens (tertiary/aromatic N) is 3. The van der Waals surface area contributed by atoms with Crippen LogP contribution in [0, 0.1) is 11.6 Å². The zero-order valence-corrected chi connectivity index (χ0v) is 14.0. The van der Waals surface area contributed by atoms with Crippen molar-refractivity contribution in [2.24, 2.45) is 7.05 Å². The van der Waals surface area contributed by atoms with Gasteiger partial charge in [-0.3, -0.25) is 14.5 Å². The van der Waals surface area contributed by atoms with Crippen LogP contribution in [0.25, 0.3) is 11.1 Å². The summed E-state index contributed by atoms with van der Waals surface area (Å²) in [4.78, 5) is 16.7. The summed E-state index contributed by atoms with van der Waals surface area (Å²) >= 11 is 0. The van der Waals surface area contributed by atoms with Gasteiger partial charge in [0.25, 0.3) is 5.91 Å². The number of hydrogen-bond donors (Lipinski definition) is 1. The van der Waals surface area contributed by atoms with E-state index in [9.17, 15) is 13.6 Å². The van der Waals surface area contributed by atoms with E-state index >= 15 is 0 Å². The van der Waals surface area contributed by atoms with Crippen molar-refractivity contribution in [2.45, 2.75) is 18.9 Å². The standard InChI is InChI=1S/C19H16F2N4O/c1-25-10-12(9-23-25)11-4-5-22-18(6-11)19(26)24-17-3-2-14-15(17)7-13(20)8-16(14)21/h4-10,17H,2-3H2,1H3,(H,24,26). The molecule has 0 fully saturated rings. The van der Waals surface area contributed by atoms with Crippen LogP contribution in [0.4, 0.5) is 8.78 Å². The van der Waals surface area contributed by atoms with Crippen molar-refractivity contribution < 1.29 is 13.6 Å². The summed E-state index contributed by atoms with van der Waals surface area (Å²) in [6, 6.07) is 5.21. The lowest BCUT2D eigenvalue weighted by molar-refractivity contribution is 0.0931. The van der Waals surface area contributed by atoms with E-state index < -0.39 is 17.7 Å². The summed E-state index contributed by atoms with van der Waals surface area (Å²) in [6.45, 7) is 0. The van der Waals surface area contributed by atoms with Crippen LogP contribution < -0.4 is 5.32 Å². The first-order chi connectivity index (χ1) is 12.5. The molecule has 0 saturated carbocycles. The van der Waals surface area contributed by atoms with Gasteiger partial charge in [-0.2, -0.15) is 5.10 Å². The number of carbonyl (C=O) groups excluding carboxylic acids is 1. The zero-order chi connectivity index (χ0) is 18.3. The summed E-state index contributed by atoms with van der Waals surface area (Å²) < 4.78 is 29.1. The smallest absolute Gasteiger partial charge is 0.270 e. The van der Waals surface area contributed by atoms with E-state index in [0.717, 1.165) is 17.2 Å². The number of benzene rings is 1. The lowest BCUT2D eigenvalue weighted by Crippen LogP contribution is -2.28. The summed E-state index contributed by atoms with van der Waals surface area (Å²) in [5.41, 5.74) is 2.91. The number of amides is 1. The Morgan fingerprint density at radius 3 is 2.88 bits per heavy atom. The van der Waals surface area contributed by atoms with Gasteiger partial charge in [0.1, 0.15) is 17.3 Å². The van der Waals surface area contributed by atoms with Crippen molar-refractivity contribution in [3.63, 3.8) is 0 Å². The zero-order valence-electron chi connectivity index (χ0n) is 14.0. The second-order valence-corrected chi connectivity index (χ2v) is 6.35. The first-order valence-electron chi connectivity index (χ1n) is 8.25. The second kappa shape index (κ2) is 6.33. The number of nitrogens with one attached hydrogen (secondary N) is 1. The predicted octanol–water partition coefficient (Wildman–Crippen LogP) is 3.18. The lowest BCUT2D eigenvalue weighted by Gasteiger charge is -2.14. The first-order valence-corrected chi connectivity index (χ1v) is 8.25. The first kappa shape index (κ1) is 16.4. The highest BCUT2D eigenvalue weighted by Crippen LogP contribution is 2.33. The van der Waals surface area contributed by atoms with Crippen molar-refractivity contribution >= 4 is 5.91 Å². The maximum absolute atomic E-state index is 13.9. The molecular weight excluding hydrogens is 338 g/mol. The third-order valence-electron chi connectivity index (χ3n) is 4.59. The molecule has 7 heteroatoms. The predicted molar refractivity (Wildman–Crippen MR) is 91.3 cm³/mol. The van der Waals surface area contributed by atoms with Gasteiger partial charge in [0.2, 0.25) is 0 Å². The Morgan fingerprint density at radius 2 is 2.12 bits per heavy atom. The Labute approximate surface area is 148 Å². The molecule has 1 amide bonds. The van der Waals surface area contributed by atoms with Crippen molar-refractivity contribution in [3.05, 3.63) is 71.3 Å². The molecule has 2 heterocycles. The van der Waals surface area contributed by atoms with Crippen molar-refractivity contribution in [2.75, 3.05) is 0 Å². The molecule has 1 aliphatic rings. The van der Waals surface area contributed by atoms with E-state index in [2.05, 4.69) is 15.4 Å². The number of aromatic nitrogens is 3. The number of carbonyl (C=O) groups is 1. The maximum Gasteiger partial charge on any atom is 0.270 e. The number of rotatable bonds is 3. The van der Waals surface area contributed by atoms with Crippen LogP contribution in [-0.4, -0.2) is 20.7 Å². The van der Waals surface area contributed by atoms with E-state index in [1.54, 1.807) is 29.2 Å². The van der Waals surface area contributed by atoms with Gasteiger partial charge in [-0.25, -0.2) is 8.78 Å². The molecule has 0 aliphatic heterocycles. The van der Waals surface area contributed by atoms with Crippen LogP contribution in [0.3, 0.4) is 0 Å². The van der Waals surface area contributed by atoms with Crippen LogP contribution >= 0.6 is 0 Å². The van der Waals surface area contributed by atoms with Crippen molar-refractivity contribution in [1.29, 1.82) is 0 Å². The van der Waals surface area contributed by atoms with Crippen LogP contribution in [0.15, 0.2) is 42.9 Å². The number of hydrogen-bond acceptors (Lipinski definition) is 3. The largest absolute Gasteiger partial charge is 0.344 e. The average Bonchev–Trinajstić information content (AvgIpc) is 3.22. The third-order valence-corrected chi connectivity index (χ3v) is 4.59. The minimum Gasteiger partial charge on any atom is -0.344 e. The van der Waals surface area contributed by atoms with Gasteiger partial charge in [0.05, 0.1) is 12.2 Å². The molecule has 1 unspecified atom stereocenters. The van der Waals surface area contributed by atoms with Gasteiger partial charge in [-0.1, -0.05) is 0 Å². The highest BCUT2D eigenvalue weighted by Gasteiger charge is 2.28. The Kier molecular flexibility index (Phi) is 3.99. The topological polar surface area (TPSA) is 59.8 Å². The molecule has 1 aliphatic carbocycles. The fourth-order valence-electron chi connectivity index (χ4n) is 3.33. The lowest BCUT2D eigenvalue weighted by atomic mass is 10.1. The Bertz CT molecular complexity index is 999. The molecule has 1 atom stereocenters. The molecule has 26 heavy (non-hydrogen) atoms. The minimum atomic E-state index is -0.640.